The van der Waals surface area contributed by atoms with E-state index in [1.54, 1.807) is 11.3 Å². The van der Waals surface area contributed by atoms with Crippen LogP contribution in [0.1, 0.15) is 23.2 Å². The molecule has 1 aromatic carbocycles. The summed E-state index contributed by atoms with van der Waals surface area (Å²) >= 11 is 1.71. The molecule has 1 amide bonds. The van der Waals surface area contributed by atoms with Crippen LogP contribution >= 0.6 is 23.7 Å². The number of likely N-dealkylation sites (tertiary alicyclic amines) is 1. The zero-order chi connectivity index (χ0) is 13.2. The van der Waals surface area contributed by atoms with Gasteiger partial charge in [0, 0.05) is 29.4 Å². The summed E-state index contributed by atoms with van der Waals surface area (Å²) in [6, 6.07) is 8.51. The van der Waals surface area contributed by atoms with Gasteiger partial charge < -0.3 is 10.2 Å². The molecule has 2 heterocycles. The molecule has 1 unspecified atom stereocenters. The minimum Gasteiger partial charge on any atom is -0.337 e. The van der Waals surface area contributed by atoms with Gasteiger partial charge in [-0.25, -0.2) is 0 Å². The maximum Gasteiger partial charge on any atom is 0.253 e. The van der Waals surface area contributed by atoms with Gasteiger partial charge in [-0.1, -0.05) is 0 Å². The SMILES string of the molecule is CNC1CCCN(C(=O)c2ccc3sccc3c2)C1.Cl. The van der Waals surface area contributed by atoms with Gasteiger partial charge in [-0.15, -0.1) is 23.7 Å². The molecule has 1 aromatic heterocycles. The van der Waals surface area contributed by atoms with Gasteiger partial charge in [-0.05, 0) is 54.9 Å². The number of nitrogens with one attached hydrogen (secondary N) is 1. The number of rotatable bonds is 2. The van der Waals surface area contributed by atoms with Gasteiger partial charge in [-0.3, -0.25) is 4.79 Å². The largest absolute Gasteiger partial charge is 0.337 e. The number of likely N-dealkylation sites (N-methyl/N-ethyl adjacent to an activating group) is 1. The number of thiophene rings is 1. The van der Waals surface area contributed by atoms with Crippen LogP contribution in [0.3, 0.4) is 0 Å². The van der Waals surface area contributed by atoms with Crippen LogP contribution in [0.15, 0.2) is 29.6 Å². The van der Waals surface area contributed by atoms with Gasteiger partial charge in [0.1, 0.15) is 0 Å². The second-order valence-corrected chi connectivity index (χ2v) is 6.00. The minimum atomic E-state index is 0. The normalized spacial score (nSPS) is 18.9. The molecule has 1 N–H and O–H groups in total. The van der Waals surface area contributed by atoms with Crippen molar-refractivity contribution in [2.45, 2.75) is 18.9 Å². The third kappa shape index (κ3) is 2.97. The van der Waals surface area contributed by atoms with Crippen LogP contribution in [0.25, 0.3) is 10.1 Å². The fourth-order valence-electron chi connectivity index (χ4n) is 2.68. The number of halogens is 1. The lowest BCUT2D eigenvalue weighted by atomic mass is 10.0. The van der Waals surface area contributed by atoms with Gasteiger partial charge in [0.15, 0.2) is 0 Å². The van der Waals surface area contributed by atoms with E-state index in [1.165, 1.54) is 4.70 Å². The number of fused-ring (bicyclic) bond motifs is 1. The number of hydrogen-bond donors (Lipinski definition) is 1. The Morgan fingerprint density at radius 3 is 3.05 bits per heavy atom. The predicted octanol–water partition coefficient (Wildman–Crippen LogP) is 3.15. The van der Waals surface area contributed by atoms with Gasteiger partial charge in [0.2, 0.25) is 0 Å². The Morgan fingerprint density at radius 2 is 2.25 bits per heavy atom. The lowest BCUT2D eigenvalue weighted by Gasteiger charge is -2.32. The number of piperidine rings is 1. The summed E-state index contributed by atoms with van der Waals surface area (Å²) in [6.07, 6.45) is 2.24. The average molecular weight is 311 g/mol. The quantitative estimate of drug-likeness (QED) is 0.924. The Balaban J connectivity index is 0.00000147. The Hall–Kier alpha value is -1.10. The van der Waals surface area contributed by atoms with E-state index in [2.05, 4.69) is 16.8 Å². The summed E-state index contributed by atoms with van der Waals surface area (Å²) < 4.78 is 1.24. The van der Waals surface area contributed by atoms with Gasteiger partial charge in [0.05, 0.1) is 0 Å². The Labute approximate surface area is 129 Å². The minimum absolute atomic E-state index is 0. The van der Waals surface area contributed by atoms with Crippen LogP contribution < -0.4 is 5.32 Å². The van der Waals surface area contributed by atoms with E-state index in [-0.39, 0.29) is 18.3 Å². The molecule has 0 bridgehead atoms. The highest BCUT2D eigenvalue weighted by molar-refractivity contribution is 7.17. The molecule has 108 valence electrons. The molecule has 1 aliphatic heterocycles. The van der Waals surface area contributed by atoms with Crippen molar-refractivity contribution in [1.82, 2.24) is 10.2 Å². The molecule has 0 aliphatic carbocycles. The second-order valence-electron chi connectivity index (χ2n) is 5.05. The number of hydrogen-bond acceptors (Lipinski definition) is 3. The van der Waals surface area contributed by atoms with E-state index in [1.807, 2.05) is 30.1 Å². The molecule has 1 saturated heterocycles. The number of amides is 1. The molecule has 3 nitrogen and oxygen atoms in total. The number of nitrogens with zero attached hydrogens (tertiary/aromatic N) is 1. The first-order valence-corrected chi connectivity index (χ1v) is 7.59. The maximum atomic E-state index is 12.5. The van der Waals surface area contributed by atoms with Crippen molar-refractivity contribution in [3.63, 3.8) is 0 Å². The summed E-state index contributed by atoms with van der Waals surface area (Å²) in [7, 11) is 1.97. The molecule has 3 rings (SSSR count). The van der Waals surface area contributed by atoms with E-state index < -0.39 is 0 Å². The zero-order valence-corrected chi connectivity index (χ0v) is 13.1. The Morgan fingerprint density at radius 1 is 1.40 bits per heavy atom. The molecule has 0 radical (unpaired) electrons. The van der Waals surface area contributed by atoms with Crippen LogP contribution in [0.4, 0.5) is 0 Å². The Bertz CT molecular complexity index is 598. The smallest absolute Gasteiger partial charge is 0.253 e. The van der Waals surface area contributed by atoms with E-state index in [4.69, 9.17) is 0 Å². The fourth-order valence-corrected chi connectivity index (χ4v) is 3.45. The second kappa shape index (κ2) is 6.57. The first-order chi connectivity index (χ1) is 9.28. The molecule has 5 heteroatoms. The summed E-state index contributed by atoms with van der Waals surface area (Å²) in [4.78, 5) is 14.5. The average Bonchev–Trinajstić information content (AvgIpc) is 2.94. The monoisotopic (exact) mass is 310 g/mol. The Kier molecular flexibility index (Phi) is 5.02. The molecular weight excluding hydrogens is 292 g/mol. The molecular formula is C15H19ClN2OS. The van der Waals surface area contributed by atoms with Crippen molar-refractivity contribution in [2.75, 3.05) is 20.1 Å². The third-order valence-electron chi connectivity index (χ3n) is 3.82. The standard InChI is InChI=1S/C15H18N2OS.ClH/c1-16-13-3-2-7-17(10-13)15(18)12-4-5-14-11(9-12)6-8-19-14;/h4-6,8-9,13,16H,2-3,7,10H2,1H3;1H. The molecule has 20 heavy (non-hydrogen) atoms. The molecule has 2 aromatic rings. The van der Waals surface area contributed by atoms with Crippen molar-refractivity contribution in [1.29, 1.82) is 0 Å². The summed E-state index contributed by atoms with van der Waals surface area (Å²) in [5.41, 5.74) is 0.808. The van der Waals surface area contributed by atoms with Gasteiger partial charge in [-0.2, -0.15) is 0 Å². The summed E-state index contributed by atoms with van der Waals surface area (Å²) in [5.74, 6) is 0.160. The maximum absolute atomic E-state index is 12.5. The fraction of sp³-hybridized carbons (Fsp3) is 0.400. The van der Waals surface area contributed by atoms with Crippen molar-refractivity contribution in [2.24, 2.45) is 0 Å². The first kappa shape index (κ1) is 15.3. The summed E-state index contributed by atoms with van der Waals surface area (Å²) in [6.45, 7) is 1.69. The molecule has 0 spiro atoms. The number of carbonyl (C=O) groups is 1. The molecule has 1 atom stereocenters. The van der Waals surface area contributed by atoms with Crippen LogP contribution in [0.5, 0.6) is 0 Å². The van der Waals surface area contributed by atoms with Crippen LogP contribution in [0.2, 0.25) is 0 Å². The highest BCUT2D eigenvalue weighted by atomic mass is 35.5. The van der Waals surface area contributed by atoms with Crippen molar-refractivity contribution in [3.05, 3.63) is 35.2 Å². The summed E-state index contributed by atoms with van der Waals surface area (Å²) in [5, 5.41) is 6.50. The lowest BCUT2D eigenvalue weighted by Crippen LogP contribution is -2.46. The number of carbonyl (C=O) groups excluding carboxylic acids is 1. The van der Waals surface area contributed by atoms with Crippen LogP contribution in [-0.4, -0.2) is 37.0 Å². The van der Waals surface area contributed by atoms with Gasteiger partial charge >= 0.3 is 0 Å². The highest BCUT2D eigenvalue weighted by Gasteiger charge is 2.23. The van der Waals surface area contributed by atoms with Crippen molar-refractivity contribution in [3.8, 4) is 0 Å². The molecule has 0 saturated carbocycles. The highest BCUT2D eigenvalue weighted by Crippen LogP contribution is 2.23. The van der Waals surface area contributed by atoms with Crippen molar-refractivity contribution < 1.29 is 4.79 Å². The number of benzene rings is 1. The lowest BCUT2D eigenvalue weighted by molar-refractivity contribution is 0.0698. The van der Waals surface area contributed by atoms with Gasteiger partial charge in [0.25, 0.3) is 5.91 Å². The first-order valence-electron chi connectivity index (χ1n) is 6.72. The van der Waals surface area contributed by atoms with E-state index in [0.717, 1.165) is 36.9 Å². The zero-order valence-electron chi connectivity index (χ0n) is 11.5. The van der Waals surface area contributed by atoms with E-state index >= 15 is 0 Å². The molecule has 1 aliphatic rings. The van der Waals surface area contributed by atoms with Crippen LogP contribution in [0, 0.1) is 0 Å². The topological polar surface area (TPSA) is 32.3 Å². The molecule has 1 fully saturated rings. The van der Waals surface area contributed by atoms with Crippen LogP contribution in [-0.2, 0) is 0 Å². The van der Waals surface area contributed by atoms with Crippen molar-refractivity contribution >= 4 is 39.7 Å². The third-order valence-corrected chi connectivity index (χ3v) is 4.71. The van der Waals surface area contributed by atoms with E-state index in [0.29, 0.717) is 6.04 Å². The predicted molar refractivity (Wildman–Crippen MR) is 87.1 cm³/mol. The van der Waals surface area contributed by atoms with E-state index in [9.17, 15) is 4.79 Å².